The van der Waals surface area contributed by atoms with E-state index >= 15 is 0 Å². The molecule has 1 aliphatic rings. The van der Waals surface area contributed by atoms with E-state index in [1.54, 1.807) is 47.9 Å². The van der Waals surface area contributed by atoms with Crippen molar-refractivity contribution in [1.29, 1.82) is 5.26 Å². The van der Waals surface area contributed by atoms with E-state index in [4.69, 9.17) is 9.78 Å². The molecule has 3 rings (SSSR count). The number of aryl methyl sites for hydroxylation is 2. The average Bonchev–Trinajstić information content (AvgIpc) is 2.99. The Kier molecular flexibility index (Phi) is 4.52. The van der Waals surface area contributed by atoms with Crippen LogP contribution in [0.4, 0.5) is 0 Å². The summed E-state index contributed by atoms with van der Waals surface area (Å²) in [6.07, 6.45) is 0. The van der Waals surface area contributed by atoms with E-state index in [1.165, 1.54) is 0 Å². The lowest BCUT2D eigenvalue weighted by Crippen LogP contribution is -2.50. The van der Waals surface area contributed by atoms with Gasteiger partial charge in [-0.1, -0.05) is 11.2 Å². The van der Waals surface area contributed by atoms with Crippen molar-refractivity contribution in [2.75, 3.05) is 26.2 Å². The molecule has 1 saturated heterocycles. The number of carbonyl (C=O) groups is 2. The lowest BCUT2D eigenvalue weighted by atomic mass is 10.1. The van der Waals surface area contributed by atoms with E-state index in [2.05, 4.69) is 5.16 Å². The van der Waals surface area contributed by atoms with Crippen LogP contribution in [0.2, 0.25) is 0 Å². The average molecular weight is 338 g/mol. The lowest BCUT2D eigenvalue weighted by Gasteiger charge is -2.34. The van der Waals surface area contributed by atoms with Crippen molar-refractivity contribution in [1.82, 2.24) is 15.0 Å². The van der Waals surface area contributed by atoms with Crippen molar-refractivity contribution in [3.63, 3.8) is 0 Å². The molecule has 0 N–H and O–H groups in total. The maximum atomic E-state index is 12.6. The molecule has 0 spiro atoms. The largest absolute Gasteiger partial charge is 0.361 e. The number of nitrogens with zero attached hydrogens (tertiary/aromatic N) is 4. The quantitative estimate of drug-likeness (QED) is 0.832. The van der Waals surface area contributed by atoms with Crippen LogP contribution < -0.4 is 0 Å². The molecule has 25 heavy (non-hydrogen) atoms. The molecule has 2 amide bonds. The minimum absolute atomic E-state index is 0.116. The fourth-order valence-electron chi connectivity index (χ4n) is 2.96. The van der Waals surface area contributed by atoms with Crippen LogP contribution in [0, 0.1) is 25.2 Å². The van der Waals surface area contributed by atoms with E-state index in [1.807, 2.05) is 6.07 Å². The number of benzene rings is 1. The first kappa shape index (κ1) is 16.7. The summed E-state index contributed by atoms with van der Waals surface area (Å²) in [5, 5.41) is 12.8. The number of nitriles is 1. The Morgan fingerprint density at radius 1 is 1.12 bits per heavy atom. The molecule has 7 heteroatoms. The van der Waals surface area contributed by atoms with Crippen LogP contribution in [0.5, 0.6) is 0 Å². The Bertz CT molecular complexity index is 838. The van der Waals surface area contributed by atoms with Gasteiger partial charge in [0.2, 0.25) is 0 Å². The van der Waals surface area contributed by atoms with E-state index in [0.29, 0.717) is 54.3 Å². The van der Waals surface area contributed by atoms with Gasteiger partial charge in [0.1, 0.15) is 11.3 Å². The van der Waals surface area contributed by atoms with Gasteiger partial charge in [-0.2, -0.15) is 5.26 Å². The third-order valence-corrected chi connectivity index (χ3v) is 4.34. The second-order valence-electron chi connectivity index (χ2n) is 5.98. The number of hydrogen-bond acceptors (Lipinski definition) is 5. The monoisotopic (exact) mass is 338 g/mol. The van der Waals surface area contributed by atoms with Gasteiger partial charge in [-0.15, -0.1) is 0 Å². The SMILES string of the molecule is Cc1noc(C)c1C(=O)N1CCN(C(=O)c2cccc(C#N)c2)CC1. The highest BCUT2D eigenvalue weighted by molar-refractivity contribution is 5.97. The molecular formula is C18H18N4O3. The van der Waals surface area contributed by atoms with Crippen LogP contribution in [0.15, 0.2) is 28.8 Å². The number of carbonyl (C=O) groups excluding carboxylic acids is 2. The van der Waals surface area contributed by atoms with Crippen LogP contribution in [-0.4, -0.2) is 52.9 Å². The van der Waals surface area contributed by atoms with Gasteiger partial charge in [0.25, 0.3) is 11.8 Å². The van der Waals surface area contributed by atoms with E-state index < -0.39 is 0 Å². The first-order valence-electron chi connectivity index (χ1n) is 8.03. The molecule has 0 atom stereocenters. The second-order valence-corrected chi connectivity index (χ2v) is 5.98. The van der Waals surface area contributed by atoms with E-state index in [9.17, 15) is 9.59 Å². The van der Waals surface area contributed by atoms with Crippen molar-refractivity contribution in [3.05, 3.63) is 52.4 Å². The van der Waals surface area contributed by atoms with Crippen LogP contribution >= 0.6 is 0 Å². The number of piperazine rings is 1. The van der Waals surface area contributed by atoms with Crippen molar-refractivity contribution < 1.29 is 14.1 Å². The van der Waals surface area contributed by atoms with Crippen molar-refractivity contribution >= 4 is 11.8 Å². The Labute approximate surface area is 145 Å². The third kappa shape index (κ3) is 3.24. The Balaban J connectivity index is 1.66. The molecule has 1 aliphatic heterocycles. The topological polar surface area (TPSA) is 90.4 Å². The molecule has 128 valence electrons. The van der Waals surface area contributed by atoms with Gasteiger partial charge in [0, 0.05) is 31.7 Å². The normalized spacial score (nSPS) is 14.3. The Hall–Kier alpha value is -3.14. The highest BCUT2D eigenvalue weighted by Gasteiger charge is 2.28. The fraction of sp³-hybridized carbons (Fsp3) is 0.333. The molecule has 0 aliphatic carbocycles. The van der Waals surface area contributed by atoms with E-state index in [0.717, 1.165) is 0 Å². The highest BCUT2D eigenvalue weighted by Crippen LogP contribution is 2.17. The molecule has 2 aromatic rings. The lowest BCUT2D eigenvalue weighted by molar-refractivity contribution is 0.0534. The van der Waals surface area contributed by atoms with Gasteiger partial charge >= 0.3 is 0 Å². The minimum atomic E-state index is -0.124. The van der Waals surface area contributed by atoms with Crippen molar-refractivity contribution in [3.8, 4) is 6.07 Å². The number of aromatic nitrogens is 1. The van der Waals surface area contributed by atoms with Gasteiger partial charge < -0.3 is 14.3 Å². The zero-order valence-electron chi connectivity index (χ0n) is 14.2. The van der Waals surface area contributed by atoms with Crippen molar-refractivity contribution in [2.24, 2.45) is 0 Å². The van der Waals surface area contributed by atoms with E-state index in [-0.39, 0.29) is 11.8 Å². The number of amides is 2. The predicted molar refractivity (Wildman–Crippen MR) is 88.9 cm³/mol. The first-order valence-corrected chi connectivity index (χ1v) is 8.03. The molecule has 0 saturated carbocycles. The molecule has 2 heterocycles. The van der Waals surface area contributed by atoms with Crippen LogP contribution in [0.1, 0.15) is 37.7 Å². The summed E-state index contributed by atoms with van der Waals surface area (Å²) in [7, 11) is 0. The van der Waals surface area contributed by atoms with Crippen molar-refractivity contribution in [2.45, 2.75) is 13.8 Å². The predicted octanol–water partition coefficient (Wildman–Crippen LogP) is 1.76. The summed E-state index contributed by atoms with van der Waals surface area (Å²) >= 11 is 0. The summed E-state index contributed by atoms with van der Waals surface area (Å²) in [5.74, 6) is 0.269. The van der Waals surface area contributed by atoms with Gasteiger partial charge in [0.15, 0.2) is 0 Å². The minimum Gasteiger partial charge on any atom is -0.361 e. The standard InChI is InChI=1S/C18H18N4O3/c1-12-16(13(2)25-20-12)18(24)22-8-6-21(7-9-22)17(23)15-5-3-4-14(10-15)11-19/h3-5,10H,6-9H2,1-2H3. The summed E-state index contributed by atoms with van der Waals surface area (Å²) < 4.78 is 5.06. The highest BCUT2D eigenvalue weighted by atomic mass is 16.5. The van der Waals surface area contributed by atoms with Crippen LogP contribution in [-0.2, 0) is 0 Å². The zero-order valence-corrected chi connectivity index (χ0v) is 14.2. The summed E-state index contributed by atoms with van der Waals surface area (Å²) in [6.45, 7) is 5.26. The Morgan fingerprint density at radius 2 is 1.76 bits per heavy atom. The molecule has 1 aromatic carbocycles. The number of hydrogen-bond donors (Lipinski definition) is 0. The fourth-order valence-corrected chi connectivity index (χ4v) is 2.96. The molecular weight excluding hydrogens is 320 g/mol. The summed E-state index contributed by atoms with van der Waals surface area (Å²) in [5.41, 5.74) is 2.03. The Morgan fingerprint density at radius 3 is 2.32 bits per heavy atom. The second kappa shape index (κ2) is 6.77. The maximum Gasteiger partial charge on any atom is 0.259 e. The van der Waals surface area contributed by atoms with Gasteiger partial charge in [0.05, 0.1) is 17.3 Å². The molecule has 0 radical (unpaired) electrons. The molecule has 0 bridgehead atoms. The smallest absolute Gasteiger partial charge is 0.259 e. The van der Waals surface area contributed by atoms with Gasteiger partial charge in [-0.3, -0.25) is 9.59 Å². The maximum absolute atomic E-state index is 12.6. The van der Waals surface area contributed by atoms with Gasteiger partial charge in [-0.05, 0) is 32.0 Å². The third-order valence-electron chi connectivity index (χ3n) is 4.34. The van der Waals surface area contributed by atoms with Crippen LogP contribution in [0.3, 0.4) is 0 Å². The molecule has 1 aromatic heterocycles. The first-order chi connectivity index (χ1) is 12.0. The van der Waals surface area contributed by atoms with Crippen LogP contribution in [0.25, 0.3) is 0 Å². The molecule has 7 nitrogen and oxygen atoms in total. The summed E-state index contributed by atoms with van der Waals surface area (Å²) in [6, 6.07) is 8.68. The summed E-state index contributed by atoms with van der Waals surface area (Å²) in [4.78, 5) is 28.6. The number of rotatable bonds is 2. The molecule has 1 fully saturated rings. The zero-order chi connectivity index (χ0) is 18.0. The van der Waals surface area contributed by atoms with Gasteiger partial charge in [-0.25, -0.2) is 0 Å². The molecule has 0 unspecified atom stereocenters.